The largest absolute Gasteiger partial charge is 0.389 e. The van der Waals surface area contributed by atoms with Crippen LogP contribution >= 0.6 is 0 Å². The fourth-order valence-electron chi connectivity index (χ4n) is 9.18. The van der Waals surface area contributed by atoms with Gasteiger partial charge in [-0.15, -0.1) is 0 Å². The van der Waals surface area contributed by atoms with Gasteiger partial charge in [0, 0.05) is 63.9 Å². The first-order valence-electron chi connectivity index (χ1n) is 14.7. The molecular weight excluding hydrogens is 520 g/mol. The van der Waals surface area contributed by atoms with Gasteiger partial charge in [0.1, 0.15) is 26.7 Å². The maximum atomic E-state index is 12.7. The highest BCUT2D eigenvalue weighted by atomic mass is 16.7. The van der Waals surface area contributed by atoms with E-state index in [0.29, 0.717) is 32.1 Å². The van der Waals surface area contributed by atoms with E-state index in [1.807, 2.05) is 13.8 Å². The van der Waals surface area contributed by atoms with E-state index >= 15 is 0 Å². The lowest BCUT2D eigenvalue weighted by atomic mass is 9.40. The lowest BCUT2D eigenvalue weighted by Crippen LogP contribution is -2.75. The van der Waals surface area contributed by atoms with Crippen molar-refractivity contribution in [3.8, 4) is 0 Å². The highest BCUT2D eigenvalue weighted by Gasteiger charge is 2.75. The highest BCUT2D eigenvalue weighted by Crippen LogP contribution is 2.71. The van der Waals surface area contributed by atoms with Gasteiger partial charge in [0.15, 0.2) is 5.79 Å². The third-order valence-electron chi connectivity index (χ3n) is 11.3. The third kappa shape index (κ3) is 5.09. The minimum absolute atomic E-state index is 0.00770. The molecule has 0 saturated heterocycles. The van der Waals surface area contributed by atoms with Gasteiger partial charge in [0.25, 0.3) is 0 Å². The summed E-state index contributed by atoms with van der Waals surface area (Å²) in [5.74, 6) is -1.22. The van der Waals surface area contributed by atoms with Crippen molar-refractivity contribution >= 4 is 6.29 Å². The summed E-state index contributed by atoms with van der Waals surface area (Å²) in [6.45, 7) is 8.50. The van der Waals surface area contributed by atoms with Crippen LogP contribution < -0.4 is 0 Å². The predicted octanol–water partition coefficient (Wildman–Crippen LogP) is 3.67. The monoisotopic (exact) mass is 572 g/mol. The molecule has 0 heterocycles. The Morgan fingerprint density at radius 1 is 0.925 bits per heavy atom. The van der Waals surface area contributed by atoms with Crippen molar-refractivity contribution in [2.24, 2.45) is 28.6 Å². The second kappa shape index (κ2) is 12.1. The molecule has 0 aromatic heterocycles. The maximum Gasteiger partial charge on any atom is 0.162 e. The SMILES string of the molecule is COCO[C@H]1C[C@@H](OC(C)(C)OC)[C@]2(C)C3C(CC[C@]2(O)C1)[C@@]1(OCOC)CC[C@H](C=O)[C@@]1(C)C[C@H]3OCOC. The lowest BCUT2D eigenvalue weighted by Gasteiger charge is -2.69. The van der Waals surface area contributed by atoms with Gasteiger partial charge in [0.05, 0.1) is 29.5 Å². The van der Waals surface area contributed by atoms with Gasteiger partial charge in [0.2, 0.25) is 0 Å². The molecule has 0 aliphatic heterocycles. The zero-order valence-corrected chi connectivity index (χ0v) is 25.7. The molecule has 10 atom stereocenters. The van der Waals surface area contributed by atoms with Crippen molar-refractivity contribution in [3.63, 3.8) is 0 Å². The minimum atomic E-state index is -1.10. The molecule has 0 radical (unpaired) electrons. The summed E-state index contributed by atoms with van der Waals surface area (Å²) in [6.07, 6.45) is 4.51. The Balaban J connectivity index is 1.86. The molecule has 232 valence electrons. The molecule has 1 N–H and O–H groups in total. The van der Waals surface area contributed by atoms with Crippen molar-refractivity contribution in [1.82, 2.24) is 0 Å². The van der Waals surface area contributed by atoms with Crippen molar-refractivity contribution in [3.05, 3.63) is 0 Å². The first-order valence-corrected chi connectivity index (χ1v) is 14.7. The molecular formula is C30H52O10. The average molecular weight is 573 g/mol. The molecule has 0 aromatic carbocycles. The number of carbonyl (C=O) groups is 1. The summed E-state index contributed by atoms with van der Waals surface area (Å²) in [4.78, 5) is 12.4. The first kappa shape index (κ1) is 32.2. The van der Waals surface area contributed by atoms with Crippen LogP contribution in [0, 0.1) is 28.6 Å². The van der Waals surface area contributed by atoms with E-state index in [0.717, 1.165) is 19.1 Å². The highest BCUT2D eigenvalue weighted by molar-refractivity contribution is 5.57. The number of ether oxygens (including phenoxy) is 8. The summed E-state index contributed by atoms with van der Waals surface area (Å²) < 4.78 is 47.8. The zero-order valence-electron chi connectivity index (χ0n) is 25.7. The Morgan fingerprint density at radius 3 is 2.23 bits per heavy atom. The van der Waals surface area contributed by atoms with Crippen LogP contribution in [0.4, 0.5) is 0 Å². The van der Waals surface area contributed by atoms with Crippen LogP contribution in [0.3, 0.4) is 0 Å². The number of fused-ring (bicyclic) bond motifs is 5. The van der Waals surface area contributed by atoms with E-state index in [2.05, 4.69) is 13.8 Å². The molecule has 0 amide bonds. The van der Waals surface area contributed by atoms with Gasteiger partial charge >= 0.3 is 0 Å². The summed E-state index contributed by atoms with van der Waals surface area (Å²) in [5.41, 5.74) is -2.92. The Hall–Kier alpha value is -0.690. The molecule has 10 heteroatoms. The standard InChI is InChI=1S/C30H52O10/c1-26(2,36-8)40-24-13-21(37-17-33-5)14-29(32)11-10-22-25(28(24,29)4)23(38-18-34-6)15-27(3)20(16-31)9-12-30(22,27)39-19-35-7/h16,20-25,32H,9-15,17-19H2,1-8H3/t20-,21+,22?,23-,24-,25?,27-,28-,29+,30+/m1/s1. The minimum Gasteiger partial charge on any atom is -0.389 e. The van der Waals surface area contributed by atoms with Crippen molar-refractivity contribution < 1.29 is 47.8 Å². The van der Waals surface area contributed by atoms with E-state index in [-0.39, 0.29) is 50.3 Å². The summed E-state index contributed by atoms with van der Waals surface area (Å²) in [7, 11) is 6.47. The molecule has 4 aliphatic rings. The molecule has 10 nitrogen and oxygen atoms in total. The summed E-state index contributed by atoms with van der Waals surface area (Å²) >= 11 is 0. The molecule has 2 unspecified atom stereocenters. The van der Waals surface area contributed by atoms with E-state index < -0.39 is 33.9 Å². The number of hydrogen-bond donors (Lipinski definition) is 1. The van der Waals surface area contributed by atoms with Gasteiger partial charge < -0.3 is 47.8 Å². The van der Waals surface area contributed by atoms with Crippen LogP contribution in [-0.4, -0.2) is 95.5 Å². The molecule has 4 aliphatic carbocycles. The van der Waals surface area contributed by atoms with E-state index in [4.69, 9.17) is 37.9 Å². The molecule has 4 saturated carbocycles. The Kier molecular flexibility index (Phi) is 9.77. The van der Waals surface area contributed by atoms with Crippen LogP contribution in [0.15, 0.2) is 0 Å². The van der Waals surface area contributed by atoms with Crippen molar-refractivity contribution in [2.75, 3.05) is 48.8 Å². The third-order valence-corrected chi connectivity index (χ3v) is 11.3. The van der Waals surface area contributed by atoms with Crippen LogP contribution in [0.2, 0.25) is 0 Å². The normalized spacial score (nSPS) is 45.0. The number of carbonyl (C=O) groups excluding carboxylic acids is 1. The van der Waals surface area contributed by atoms with Crippen molar-refractivity contribution in [1.29, 1.82) is 0 Å². The van der Waals surface area contributed by atoms with Crippen LogP contribution in [0.5, 0.6) is 0 Å². The van der Waals surface area contributed by atoms with Gasteiger partial charge in [-0.25, -0.2) is 0 Å². The summed E-state index contributed by atoms with van der Waals surface area (Å²) in [6, 6.07) is 0. The number of aldehydes is 1. The summed E-state index contributed by atoms with van der Waals surface area (Å²) in [5, 5.41) is 12.7. The first-order chi connectivity index (χ1) is 18.9. The van der Waals surface area contributed by atoms with Gasteiger partial charge in [-0.1, -0.05) is 13.8 Å². The lowest BCUT2D eigenvalue weighted by molar-refractivity contribution is -0.354. The average Bonchev–Trinajstić information content (AvgIpc) is 3.21. The topological polar surface area (TPSA) is 111 Å². The molecule has 4 fully saturated rings. The maximum absolute atomic E-state index is 12.7. The number of aliphatic hydroxyl groups is 1. The number of rotatable bonds is 13. The van der Waals surface area contributed by atoms with E-state index in [1.54, 1.807) is 28.4 Å². The quantitative estimate of drug-likeness (QED) is 0.259. The second-order valence-corrected chi connectivity index (χ2v) is 13.3. The number of hydrogen-bond acceptors (Lipinski definition) is 10. The van der Waals surface area contributed by atoms with E-state index in [1.165, 1.54) is 0 Å². The Morgan fingerprint density at radius 2 is 1.60 bits per heavy atom. The second-order valence-electron chi connectivity index (χ2n) is 13.3. The smallest absolute Gasteiger partial charge is 0.162 e. The van der Waals surface area contributed by atoms with Gasteiger partial charge in [-0.2, -0.15) is 0 Å². The molecule has 0 bridgehead atoms. The van der Waals surface area contributed by atoms with Crippen molar-refractivity contribution in [2.45, 2.75) is 108 Å². The molecule has 4 rings (SSSR count). The fraction of sp³-hybridized carbons (Fsp3) is 0.967. The molecule has 0 aromatic rings. The zero-order chi connectivity index (χ0) is 29.4. The van der Waals surface area contributed by atoms with Crippen LogP contribution in [0.1, 0.15) is 72.6 Å². The van der Waals surface area contributed by atoms with Gasteiger partial charge in [-0.05, 0) is 51.9 Å². The molecule has 40 heavy (non-hydrogen) atoms. The van der Waals surface area contributed by atoms with E-state index in [9.17, 15) is 9.90 Å². The molecule has 0 spiro atoms. The predicted molar refractivity (Wildman–Crippen MR) is 145 cm³/mol. The number of methoxy groups -OCH3 is 4. The Bertz CT molecular complexity index is 869. The van der Waals surface area contributed by atoms with Crippen LogP contribution in [0.25, 0.3) is 0 Å². The van der Waals surface area contributed by atoms with Gasteiger partial charge in [-0.3, -0.25) is 0 Å². The van der Waals surface area contributed by atoms with Crippen LogP contribution in [-0.2, 0) is 42.7 Å². The fourth-order valence-corrected chi connectivity index (χ4v) is 9.18. The Labute approximate surface area is 239 Å².